The molecule has 1 N–H and O–H groups in total. The Morgan fingerprint density at radius 1 is 1.67 bits per heavy atom. The molecule has 0 aromatic carbocycles. The van der Waals surface area contributed by atoms with Gasteiger partial charge in [0.05, 0.1) is 0 Å². The number of thiol groups is 1. The van der Waals surface area contributed by atoms with Crippen LogP contribution in [0.5, 0.6) is 0 Å². The van der Waals surface area contributed by atoms with E-state index in [1.54, 1.807) is 5.41 Å². The number of hydrogen-bond donors (Lipinski definition) is 2. The molecule has 0 bridgehead atoms. The summed E-state index contributed by atoms with van der Waals surface area (Å²) in [5, 5.41) is 8.60. The fraction of sp³-hybridized carbons (Fsp3) is 0.571. The second kappa shape index (κ2) is 4.62. The Bertz CT molecular complexity index is 116. The third-order valence-electron chi connectivity index (χ3n) is 0.995. The van der Waals surface area contributed by atoms with Crippen molar-refractivity contribution in [3.8, 4) is 0 Å². The first kappa shape index (κ1) is 8.76. The minimum absolute atomic E-state index is 0.616. The van der Waals surface area contributed by atoms with Crippen molar-refractivity contribution >= 4 is 18.8 Å². The van der Waals surface area contributed by atoms with Gasteiger partial charge in [0.1, 0.15) is 0 Å². The van der Waals surface area contributed by atoms with Crippen LogP contribution in [-0.2, 0) is 0 Å². The van der Waals surface area contributed by atoms with Crippen LogP contribution in [0.3, 0.4) is 0 Å². The molecule has 0 radical (unpaired) electrons. The topological polar surface area (TPSA) is 23.9 Å². The first-order chi connectivity index (χ1) is 4.20. The van der Waals surface area contributed by atoms with Crippen LogP contribution in [0.25, 0.3) is 0 Å². The largest absolute Gasteiger partial charge is 0.308 e. The van der Waals surface area contributed by atoms with E-state index in [1.807, 2.05) is 0 Å². The summed E-state index contributed by atoms with van der Waals surface area (Å²) >= 11 is 3.96. The van der Waals surface area contributed by atoms with E-state index < -0.39 is 0 Å². The lowest BCUT2D eigenvalue weighted by Gasteiger charge is -2.01. The molecule has 1 nitrogen and oxygen atoms in total. The molecule has 0 aliphatic rings. The number of nitrogens with one attached hydrogen (secondary N) is 1. The first-order valence-corrected chi connectivity index (χ1v) is 3.56. The van der Waals surface area contributed by atoms with Gasteiger partial charge >= 0.3 is 0 Å². The molecule has 0 aromatic heterocycles. The monoisotopic (exact) mass is 143 g/mol. The Kier molecular flexibility index (Phi) is 4.50. The minimum atomic E-state index is 0.616. The van der Waals surface area contributed by atoms with Crippen molar-refractivity contribution in [3.05, 3.63) is 11.0 Å². The quantitative estimate of drug-likeness (QED) is 0.448. The van der Waals surface area contributed by atoms with E-state index in [1.165, 1.54) is 6.21 Å². The van der Waals surface area contributed by atoms with Gasteiger partial charge in [0, 0.05) is 6.21 Å². The van der Waals surface area contributed by atoms with Crippen LogP contribution in [0, 0.1) is 11.3 Å². The predicted octanol–water partition coefficient (Wildman–Crippen LogP) is 2.50. The number of hydrogen-bond acceptors (Lipinski definition) is 2. The van der Waals surface area contributed by atoms with Gasteiger partial charge in [-0.3, -0.25) is 0 Å². The van der Waals surface area contributed by atoms with Crippen LogP contribution in [0.15, 0.2) is 11.0 Å². The van der Waals surface area contributed by atoms with Crippen LogP contribution in [0.1, 0.15) is 20.3 Å². The molecule has 0 aromatic rings. The highest BCUT2D eigenvalue weighted by molar-refractivity contribution is 7.83. The second-order valence-electron chi connectivity index (χ2n) is 2.45. The third kappa shape index (κ3) is 4.28. The summed E-state index contributed by atoms with van der Waals surface area (Å²) < 4.78 is 0. The Morgan fingerprint density at radius 2 is 2.22 bits per heavy atom. The smallest absolute Gasteiger partial charge is 0.0214 e. The highest BCUT2D eigenvalue weighted by atomic mass is 32.1. The maximum atomic E-state index is 6.91. The lowest BCUT2D eigenvalue weighted by atomic mass is 10.1. The van der Waals surface area contributed by atoms with Gasteiger partial charge < -0.3 is 5.41 Å². The molecule has 0 rings (SSSR count). The van der Waals surface area contributed by atoms with Crippen LogP contribution >= 0.6 is 12.6 Å². The van der Waals surface area contributed by atoms with Crippen molar-refractivity contribution in [2.24, 2.45) is 5.92 Å². The summed E-state index contributed by atoms with van der Waals surface area (Å²) in [5.74, 6) is 0.616. The van der Waals surface area contributed by atoms with E-state index in [0.717, 1.165) is 12.0 Å². The average Bonchev–Trinajstić information content (AvgIpc) is 1.82. The molecule has 0 aliphatic carbocycles. The van der Waals surface area contributed by atoms with Gasteiger partial charge in [-0.2, -0.15) is 12.6 Å². The highest BCUT2D eigenvalue weighted by Gasteiger charge is 1.95. The molecule has 0 fully saturated rings. The summed E-state index contributed by atoms with van der Waals surface area (Å²) in [6.07, 6.45) is 2.31. The van der Waals surface area contributed by atoms with Crippen LogP contribution in [0.2, 0.25) is 0 Å². The van der Waals surface area contributed by atoms with Gasteiger partial charge in [0.2, 0.25) is 0 Å². The molecular formula is C7H13NS. The zero-order chi connectivity index (χ0) is 7.28. The molecule has 0 spiro atoms. The lowest BCUT2D eigenvalue weighted by molar-refractivity contribution is 0.655. The predicted molar refractivity (Wildman–Crippen MR) is 45.3 cm³/mol. The molecule has 2 heteroatoms. The summed E-state index contributed by atoms with van der Waals surface area (Å²) in [6, 6.07) is 0. The van der Waals surface area contributed by atoms with Gasteiger partial charge in [0.15, 0.2) is 0 Å². The fourth-order valence-corrected chi connectivity index (χ4v) is 0.800. The minimum Gasteiger partial charge on any atom is -0.308 e. The van der Waals surface area contributed by atoms with E-state index >= 15 is 0 Å². The van der Waals surface area contributed by atoms with Crippen molar-refractivity contribution in [2.45, 2.75) is 20.3 Å². The van der Waals surface area contributed by atoms with Gasteiger partial charge in [-0.1, -0.05) is 13.8 Å². The van der Waals surface area contributed by atoms with E-state index in [4.69, 9.17) is 5.41 Å². The molecular weight excluding hydrogens is 130 g/mol. The summed E-state index contributed by atoms with van der Waals surface area (Å²) in [4.78, 5) is 0. The molecule has 0 saturated carbocycles. The van der Waals surface area contributed by atoms with Crippen molar-refractivity contribution in [1.82, 2.24) is 0 Å². The SMILES string of the molecule is CC(C)C/C(C=N)=C\S. The summed E-state index contributed by atoms with van der Waals surface area (Å²) in [6.45, 7) is 4.25. The van der Waals surface area contributed by atoms with Gasteiger partial charge in [-0.25, -0.2) is 0 Å². The molecule has 52 valence electrons. The van der Waals surface area contributed by atoms with Gasteiger partial charge in [-0.05, 0) is 23.3 Å². The molecule has 9 heavy (non-hydrogen) atoms. The van der Waals surface area contributed by atoms with Crippen LogP contribution in [0.4, 0.5) is 0 Å². The Hall–Kier alpha value is -0.240. The van der Waals surface area contributed by atoms with Crippen molar-refractivity contribution < 1.29 is 0 Å². The molecule has 0 amide bonds. The Labute approximate surface area is 62.1 Å². The van der Waals surface area contributed by atoms with Crippen LogP contribution in [-0.4, -0.2) is 6.21 Å². The first-order valence-electron chi connectivity index (χ1n) is 3.04. The lowest BCUT2D eigenvalue weighted by Crippen LogP contribution is -1.90. The normalized spacial score (nSPS) is 12.2. The summed E-state index contributed by atoms with van der Waals surface area (Å²) in [7, 11) is 0. The van der Waals surface area contributed by atoms with E-state index in [9.17, 15) is 0 Å². The maximum Gasteiger partial charge on any atom is 0.0214 e. The second-order valence-corrected chi connectivity index (χ2v) is 2.70. The van der Waals surface area contributed by atoms with E-state index in [2.05, 4.69) is 26.5 Å². The fourth-order valence-electron chi connectivity index (χ4n) is 0.620. The Morgan fingerprint density at radius 3 is 2.33 bits per heavy atom. The van der Waals surface area contributed by atoms with Crippen molar-refractivity contribution in [3.63, 3.8) is 0 Å². The van der Waals surface area contributed by atoms with Gasteiger partial charge in [-0.15, -0.1) is 0 Å². The average molecular weight is 143 g/mol. The number of allylic oxidation sites excluding steroid dienone is 1. The van der Waals surface area contributed by atoms with Crippen LogP contribution < -0.4 is 0 Å². The molecule has 0 aliphatic heterocycles. The summed E-state index contributed by atoms with van der Waals surface area (Å²) in [5.41, 5.74) is 0.994. The van der Waals surface area contributed by atoms with Crippen molar-refractivity contribution in [1.29, 1.82) is 5.41 Å². The van der Waals surface area contributed by atoms with Crippen molar-refractivity contribution in [2.75, 3.05) is 0 Å². The zero-order valence-electron chi connectivity index (χ0n) is 5.89. The van der Waals surface area contributed by atoms with Gasteiger partial charge in [0.25, 0.3) is 0 Å². The third-order valence-corrected chi connectivity index (χ3v) is 1.33. The molecule has 0 unspecified atom stereocenters. The standard InChI is InChI=1S/C7H13NS/c1-6(2)3-7(4-8)5-9/h4-6,8-9H,3H2,1-2H3/b7-5+,8-4?. The molecule has 0 atom stereocenters. The highest BCUT2D eigenvalue weighted by Crippen LogP contribution is 2.08. The molecule has 0 heterocycles. The van der Waals surface area contributed by atoms with E-state index in [-0.39, 0.29) is 0 Å². The zero-order valence-corrected chi connectivity index (χ0v) is 6.78. The van der Waals surface area contributed by atoms with E-state index in [0.29, 0.717) is 5.92 Å². The molecule has 0 saturated heterocycles. The maximum absolute atomic E-state index is 6.91. The number of rotatable bonds is 3. The Balaban J connectivity index is 3.71.